The molecule has 2 aromatic carbocycles. The van der Waals surface area contributed by atoms with Gasteiger partial charge in [-0.3, -0.25) is 9.10 Å². The average Bonchev–Trinajstić information content (AvgIpc) is 2.64. The van der Waals surface area contributed by atoms with Gasteiger partial charge in [-0.05, 0) is 55.5 Å². The number of fused-ring (bicyclic) bond motifs is 1. The summed E-state index contributed by atoms with van der Waals surface area (Å²) in [4.78, 5) is 13.0. The van der Waals surface area contributed by atoms with Crippen LogP contribution in [-0.2, 0) is 21.2 Å². The van der Waals surface area contributed by atoms with E-state index in [-0.39, 0.29) is 17.0 Å². The van der Waals surface area contributed by atoms with Gasteiger partial charge in [-0.25, -0.2) is 8.42 Å². The highest BCUT2D eigenvalue weighted by atomic mass is 35.5. The Balaban J connectivity index is 1.86. The van der Waals surface area contributed by atoms with Gasteiger partial charge in [0.2, 0.25) is 15.9 Å². The minimum atomic E-state index is -3.72. The Morgan fingerprint density at radius 1 is 1.18 bits per heavy atom. The monoisotopic (exact) mass is 440 g/mol. The fourth-order valence-corrected chi connectivity index (χ4v) is 5.09. The molecule has 0 bridgehead atoms. The number of hydrogen-bond donors (Lipinski definition) is 1. The maximum Gasteiger partial charge on any atom is 0.244 e. The van der Waals surface area contributed by atoms with Crippen molar-refractivity contribution in [1.82, 2.24) is 5.32 Å². The molecule has 1 aliphatic carbocycles. The Morgan fingerprint density at radius 3 is 2.57 bits per heavy atom. The predicted octanol–water partition coefficient (Wildman–Crippen LogP) is 4.34. The second-order valence-corrected chi connectivity index (χ2v) is 9.66. The lowest BCUT2D eigenvalue weighted by Gasteiger charge is -2.32. The van der Waals surface area contributed by atoms with Gasteiger partial charge in [-0.1, -0.05) is 47.5 Å². The van der Waals surface area contributed by atoms with Crippen molar-refractivity contribution >= 4 is 44.8 Å². The minimum Gasteiger partial charge on any atom is -0.347 e. The van der Waals surface area contributed by atoms with Gasteiger partial charge in [0.15, 0.2) is 0 Å². The fourth-order valence-electron chi connectivity index (χ4n) is 3.63. The van der Waals surface area contributed by atoms with E-state index in [2.05, 4.69) is 11.4 Å². The van der Waals surface area contributed by atoms with Gasteiger partial charge >= 0.3 is 0 Å². The average molecular weight is 441 g/mol. The van der Waals surface area contributed by atoms with Crippen molar-refractivity contribution in [2.45, 2.75) is 38.3 Å². The summed E-state index contributed by atoms with van der Waals surface area (Å²) >= 11 is 12.0. The van der Waals surface area contributed by atoms with Crippen LogP contribution in [0.2, 0.25) is 10.0 Å². The van der Waals surface area contributed by atoms with E-state index in [9.17, 15) is 13.2 Å². The molecule has 0 heterocycles. The third-order valence-electron chi connectivity index (χ3n) is 4.93. The summed E-state index contributed by atoms with van der Waals surface area (Å²) in [6, 6.07) is 11.4. The van der Waals surface area contributed by atoms with Crippen LogP contribution >= 0.6 is 23.2 Å². The van der Waals surface area contributed by atoms with Crippen LogP contribution < -0.4 is 9.62 Å². The topological polar surface area (TPSA) is 66.5 Å². The van der Waals surface area contributed by atoms with Crippen LogP contribution in [0.15, 0.2) is 42.5 Å². The zero-order chi connectivity index (χ0) is 20.5. The van der Waals surface area contributed by atoms with E-state index in [0.29, 0.717) is 10.7 Å². The Bertz CT molecular complexity index is 995. The molecular formula is C20H22Cl2N2O3S. The van der Waals surface area contributed by atoms with Crippen LogP contribution in [0.5, 0.6) is 0 Å². The molecule has 2 aromatic rings. The van der Waals surface area contributed by atoms with Crippen LogP contribution in [0.4, 0.5) is 5.69 Å². The predicted molar refractivity (Wildman–Crippen MR) is 114 cm³/mol. The zero-order valence-electron chi connectivity index (χ0n) is 15.7. The Kier molecular flexibility index (Phi) is 6.22. The van der Waals surface area contributed by atoms with Gasteiger partial charge in [0.1, 0.15) is 6.04 Å². The number of carbonyl (C=O) groups excluding carboxylic acids is 1. The van der Waals surface area contributed by atoms with Crippen LogP contribution in [0, 0.1) is 0 Å². The van der Waals surface area contributed by atoms with Gasteiger partial charge < -0.3 is 5.32 Å². The van der Waals surface area contributed by atoms with Crippen LogP contribution in [-0.4, -0.2) is 26.6 Å². The van der Waals surface area contributed by atoms with Crippen molar-refractivity contribution in [2.24, 2.45) is 0 Å². The number of hydrogen-bond acceptors (Lipinski definition) is 3. The number of amides is 1. The number of sulfonamides is 1. The molecule has 0 fully saturated rings. The van der Waals surface area contributed by atoms with Gasteiger partial charge in [-0.15, -0.1) is 0 Å². The zero-order valence-corrected chi connectivity index (χ0v) is 18.0. The second kappa shape index (κ2) is 8.31. The highest BCUT2D eigenvalue weighted by molar-refractivity contribution is 7.92. The summed E-state index contributed by atoms with van der Waals surface area (Å²) in [5, 5.41) is 3.56. The SMILES string of the molecule is C[C@H](C(=O)N[C@@H]1CCCc2ccccc21)N(c1ccc(Cl)c(Cl)c1)S(C)(=O)=O. The van der Waals surface area contributed by atoms with E-state index in [1.54, 1.807) is 6.92 Å². The molecule has 0 radical (unpaired) electrons. The number of nitrogens with zero attached hydrogens (tertiary/aromatic N) is 1. The molecule has 0 aromatic heterocycles. The Hall–Kier alpha value is -1.76. The van der Waals surface area contributed by atoms with Crippen molar-refractivity contribution in [3.8, 4) is 0 Å². The Morgan fingerprint density at radius 2 is 1.89 bits per heavy atom. The summed E-state index contributed by atoms with van der Waals surface area (Å²) in [7, 11) is -3.72. The molecule has 0 saturated heterocycles. The maximum absolute atomic E-state index is 13.0. The fraction of sp³-hybridized carbons (Fsp3) is 0.350. The molecule has 28 heavy (non-hydrogen) atoms. The molecule has 5 nitrogen and oxygen atoms in total. The molecule has 0 spiro atoms. The lowest BCUT2D eigenvalue weighted by Crippen LogP contribution is -2.49. The molecule has 2 atom stereocenters. The minimum absolute atomic E-state index is 0.130. The standard InChI is InChI=1S/C20H22Cl2N2O3S/c1-13(24(28(2,26)27)15-10-11-17(21)18(22)12-15)20(25)23-19-9-5-7-14-6-3-4-8-16(14)19/h3-4,6,8,10-13,19H,5,7,9H2,1-2H3,(H,23,25)/t13-,19-/m1/s1. The van der Waals surface area contributed by atoms with Crippen molar-refractivity contribution in [3.05, 3.63) is 63.6 Å². The smallest absolute Gasteiger partial charge is 0.244 e. The quantitative estimate of drug-likeness (QED) is 0.751. The van der Waals surface area contributed by atoms with E-state index in [4.69, 9.17) is 23.2 Å². The van der Waals surface area contributed by atoms with E-state index in [1.807, 2.05) is 18.2 Å². The molecular weight excluding hydrogens is 419 g/mol. The summed E-state index contributed by atoms with van der Waals surface area (Å²) in [5.41, 5.74) is 2.61. The second-order valence-electron chi connectivity index (χ2n) is 6.99. The van der Waals surface area contributed by atoms with Crippen LogP contribution in [0.3, 0.4) is 0 Å². The number of carbonyl (C=O) groups is 1. The largest absolute Gasteiger partial charge is 0.347 e. The van der Waals surface area contributed by atoms with Crippen molar-refractivity contribution in [3.63, 3.8) is 0 Å². The van der Waals surface area contributed by atoms with Gasteiger partial charge in [0, 0.05) is 0 Å². The number of rotatable bonds is 5. The first-order valence-corrected chi connectivity index (χ1v) is 11.6. The molecule has 1 amide bonds. The summed E-state index contributed by atoms with van der Waals surface area (Å²) in [6.45, 7) is 1.56. The lowest BCUT2D eigenvalue weighted by molar-refractivity contribution is -0.122. The van der Waals surface area contributed by atoms with Gasteiger partial charge in [-0.2, -0.15) is 0 Å². The molecule has 0 aliphatic heterocycles. The Labute approximate surface area is 175 Å². The highest BCUT2D eigenvalue weighted by Gasteiger charge is 2.31. The molecule has 1 aliphatic rings. The molecule has 3 rings (SSSR count). The van der Waals surface area contributed by atoms with E-state index >= 15 is 0 Å². The normalized spacial score (nSPS) is 17.5. The number of nitrogens with one attached hydrogen (secondary N) is 1. The molecule has 0 unspecified atom stereocenters. The first-order valence-electron chi connectivity index (χ1n) is 9.01. The van der Waals surface area contributed by atoms with Crippen LogP contribution in [0.25, 0.3) is 0 Å². The summed E-state index contributed by atoms with van der Waals surface area (Å²) in [6.07, 6.45) is 3.84. The van der Waals surface area contributed by atoms with Crippen molar-refractivity contribution in [2.75, 3.05) is 10.6 Å². The van der Waals surface area contributed by atoms with E-state index in [1.165, 1.54) is 23.8 Å². The lowest BCUT2D eigenvalue weighted by atomic mass is 9.87. The maximum atomic E-state index is 13.0. The molecule has 8 heteroatoms. The molecule has 1 N–H and O–H groups in total. The molecule has 0 saturated carbocycles. The number of benzene rings is 2. The third-order valence-corrected chi connectivity index (χ3v) is 6.91. The first-order chi connectivity index (χ1) is 13.2. The summed E-state index contributed by atoms with van der Waals surface area (Å²) < 4.78 is 25.9. The van der Waals surface area contributed by atoms with E-state index in [0.717, 1.165) is 35.4 Å². The molecule has 150 valence electrons. The van der Waals surface area contributed by atoms with Crippen molar-refractivity contribution < 1.29 is 13.2 Å². The highest BCUT2D eigenvalue weighted by Crippen LogP contribution is 2.31. The number of anilines is 1. The van der Waals surface area contributed by atoms with Crippen molar-refractivity contribution in [1.29, 1.82) is 0 Å². The third kappa shape index (κ3) is 4.45. The number of aryl methyl sites for hydroxylation is 1. The van der Waals surface area contributed by atoms with Gasteiger partial charge in [0.25, 0.3) is 0 Å². The van der Waals surface area contributed by atoms with Crippen LogP contribution in [0.1, 0.15) is 36.9 Å². The summed E-state index contributed by atoms with van der Waals surface area (Å²) in [5.74, 6) is -0.363. The van der Waals surface area contributed by atoms with E-state index < -0.39 is 16.1 Å². The van der Waals surface area contributed by atoms with Gasteiger partial charge in [0.05, 0.1) is 28.0 Å². The number of halogens is 2. The first kappa shape index (κ1) is 21.0.